The van der Waals surface area contributed by atoms with Gasteiger partial charge in [-0.3, -0.25) is 0 Å². The van der Waals surface area contributed by atoms with Crippen molar-refractivity contribution in [1.82, 2.24) is 4.90 Å². The SMILES string of the molecule is Cc1ccc(Br)cc1CCN(C)C(C)(C)CCN. The van der Waals surface area contributed by atoms with Crippen LogP contribution in [0, 0.1) is 6.92 Å². The molecular weight excluding hydrogens is 288 g/mol. The van der Waals surface area contributed by atoms with Crippen molar-refractivity contribution in [1.29, 1.82) is 0 Å². The molecule has 0 amide bonds. The summed E-state index contributed by atoms with van der Waals surface area (Å²) < 4.78 is 1.16. The predicted molar refractivity (Wildman–Crippen MR) is 83.0 cm³/mol. The molecule has 0 atom stereocenters. The van der Waals surface area contributed by atoms with Gasteiger partial charge in [0.05, 0.1) is 0 Å². The van der Waals surface area contributed by atoms with Crippen LogP contribution >= 0.6 is 15.9 Å². The Hall–Kier alpha value is -0.380. The van der Waals surface area contributed by atoms with Crippen LogP contribution in [-0.4, -0.2) is 30.6 Å². The number of nitrogens with zero attached hydrogens (tertiary/aromatic N) is 1. The molecule has 0 aromatic heterocycles. The maximum Gasteiger partial charge on any atom is 0.0178 e. The largest absolute Gasteiger partial charge is 0.330 e. The molecule has 3 heteroatoms. The second-order valence-corrected chi connectivity index (χ2v) is 6.51. The number of likely N-dealkylation sites (N-methyl/N-ethyl adjacent to an activating group) is 1. The maximum atomic E-state index is 5.67. The quantitative estimate of drug-likeness (QED) is 0.872. The van der Waals surface area contributed by atoms with E-state index in [1.807, 2.05) is 0 Å². The maximum absolute atomic E-state index is 5.67. The Morgan fingerprint density at radius 1 is 1.33 bits per heavy atom. The first kappa shape index (κ1) is 15.7. The Morgan fingerprint density at radius 3 is 2.61 bits per heavy atom. The minimum Gasteiger partial charge on any atom is -0.330 e. The summed E-state index contributed by atoms with van der Waals surface area (Å²) in [4.78, 5) is 2.40. The van der Waals surface area contributed by atoms with E-state index < -0.39 is 0 Å². The molecule has 2 nitrogen and oxygen atoms in total. The van der Waals surface area contributed by atoms with Crippen LogP contribution in [0.1, 0.15) is 31.4 Å². The predicted octanol–water partition coefficient (Wildman–Crippen LogP) is 3.36. The fourth-order valence-corrected chi connectivity index (χ4v) is 2.45. The van der Waals surface area contributed by atoms with Crippen LogP contribution in [0.2, 0.25) is 0 Å². The van der Waals surface area contributed by atoms with Gasteiger partial charge in [-0.05, 0) is 70.5 Å². The Morgan fingerprint density at radius 2 is 2.00 bits per heavy atom. The zero-order valence-electron chi connectivity index (χ0n) is 12.0. The van der Waals surface area contributed by atoms with E-state index in [0.717, 1.165) is 30.4 Å². The van der Waals surface area contributed by atoms with Gasteiger partial charge in [0.1, 0.15) is 0 Å². The summed E-state index contributed by atoms with van der Waals surface area (Å²) in [5.41, 5.74) is 8.63. The lowest BCUT2D eigenvalue weighted by atomic mass is 9.97. The van der Waals surface area contributed by atoms with Crippen LogP contribution in [0.3, 0.4) is 0 Å². The minimum absolute atomic E-state index is 0.175. The van der Waals surface area contributed by atoms with Crippen molar-refractivity contribution in [2.24, 2.45) is 5.73 Å². The van der Waals surface area contributed by atoms with Gasteiger partial charge in [-0.25, -0.2) is 0 Å². The molecule has 0 saturated heterocycles. The Balaban J connectivity index is 2.62. The van der Waals surface area contributed by atoms with Crippen LogP contribution in [-0.2, 0) is 6.42 Å². The molecule has 1 aromatic carbocycles. The standard InChI is InChI=1S/C15H25BrN2/c1-12-5-6-14(16)11-13(12)7-10-18(4)15(2,3)8-9-17/h5-6,11H,7-10,17H2,1-4H3. The molecule has 2 N–H and O–H groups in total. The third-order valence-corrected chi connectivity index (χ3v) is 4.31. The molecule has 0 radical (unpaired) electrons. The van der Waals surface area contributed by atoms with Gasteiger partial charge in [-0.2, -0.15) is 0 Å². The van der Waals surface area contributed by atoms with Crippen molar-refractivity contribution in [3.63, 3.8) is 0 Å². The molecule has 1 aromatic rings. The molecular formula is C15H25BrN2. The van der Waals surface area contributed by atoms with E-state index in [1.165, 1.54) is 11.1 Å². The second kappa shape index (κ2) is 6.69. The zero-order chi connectivity index (χ0) is 13.8. The molecule has 0 spiro atoms. The molecule has 0 saturated carbocycles. The summed E-state index contributed by atoms with van der Waals surface area (Å²) >= 11 is 3.54. The van der Waals surface area contributed by atoms with Gasteiger partial charge in [0.25, 0.3) is 0 Å². The summed E-state index contributed by atoms with van der Waals surface area (Å²) in [6, 6.07) is 6.49. The highest BCUT2D eigenvalue weighted by molar-refractivity contribution is 9.10. The molecule has 0 fully saturated rings. The summed E-state index contributed by atoms with van der Waals surface area (Å²) in [6.45, 7) is 8.49. The summed E-state index contributed by atoms with van der Waals surface area (Å²) in [5, 5.41) is 0. The van der Waals surface area contributed by atoms with Crippen LogP contribution in [0.4, 0.5) is 0 Å². The van der Waals surface area contributed by atoms with Crippen LogP contribution in [0.5, 0.6) is 0 Å². The van der Waals surface area contributed by atoms with E-state index in [-0.39, 0.29) is 5.54 Å². The topological polar surface area (TPSA) is 29.3 Å². The first-order chi connectivity index (χ1) is 8.36. The van der Waals surface area contributed by atoms with E-state index in [4.69, 9.17) is 5.73 Å². The molecule has 0 unspecified atom stereocenters. The Labute approximate surface area is 120 Å². The zero-order valence-corrected chi connectivity index (χ0v) is 13.5. The normalized spacial score (nSPS) is 12.2. The molecule has 1 rings (SSSR count). The molecule has 0 bridgehead atoms. The highest BCUT2D eigenvalue weighted by Gasteiger charge is 2.22. The van der Waals surface area contributed by atoms with Crippen LogP contribution in [0.15, 0.2) is 22.7 Å². The fraction of sp³-hybridized carbons (Fsp3) is 0.600. The lowest BCUT2D eigenvalue weighted by Crippen LogP contribution is -2.43. The van der Waals surface area contributed by atoms with E-state index in [2.05, 4.69) is 66.8 Å². The molecule has 18 heavy (non-hydrogen) atoms. The van der Waals surface area contributed by atoms with Gasteiger partial charge in [-0.15, -0.1) is 0 Å². The molecule has 0 heterocycles. The van der Waals surface area contributed by atoms with Crippen molar-refractivity contribution in [3.8, 4) is 0 Å². The van der Waals surface area contributed by atoms with Gasteiger partial charge >= 0.3 is 0 Å². The number of rotatable bonds is 6. The summed E-state index contributed by atoms with van der Waals surface area (Å²) in [7, 11) is 2.18. The third kappa shape index (κ3) is 4.38. The second-order valence-electron chi connectivity index (χ2n) is 5.59. The van der Waals surface area contributed by atoms with E-state index in [9.17, 15) is 0 Å². The molecule has 0 aliphatic rings. The van der Waals surface area contributed by atoms with Gasteiger partial charge < -0.3 is 10.6 Å². The number of halogens is 1. The van der Waals surface area contributed by atoms with Crippen molar-refractivity contribution >= 4 is 15.9 Å². The van der Waals surface area contributed by atoms with Crippen molar-refractivity contribution in [2.75, 3.05) is 20.1 Å². The first-order valence-corrected chi connectivity index (χ1v) is 7.32. The Kier molecular flexibility index (Phi) is 5.83. The smallest absolute Gasteiger partial charge is 0.0178 e. The lowest BCUT2D eigenvalue weighted by Gasteiger charge is -2.35. The van der Waals surface area contributed by atoms with Gasteiger partial charge in [0.15, 0.2) is 0 Å². The van der Waals surface area contributed by atoms with Crippen LogP contribution < -0.4 is 5.73 Å². The number of hydrogen-bond acceptors (Lipinski definition) is 2. The summed E-state index contributed by atoms with van der Waals surface area (Å²) in [5.74, 6) is 0. The summed E-state index contributed by atoms with van der Waals surface area (Å²) in [6.07, 6.45) is 2.11. The Bertz CT molecular complexity index is 388. The molecule has 0 aliphatic heterocycles. The number of aryl methyl sites for hydroxylation is 1. The monoisotopic (exact) mass is 312 g/mol. The minimum atomic E-state index is 0.175. The van der Waals surface area contributed by atoms with Gasteiger partial charge in [-0.1, -0.05) is 22.0 Å². The molecule has 0 aliphatic carbocycles. The number of nitrogens with two attached hydrogens (primary N) is 1. The van der Waals surface area contributed by atoms with Gasteiger partial charge in [0.2, 0.25) is 0 Å². The van der Waals surface area contributed by atoms with Crippen molar-refractivity contribution in [3.05, 3.63) is 33.8 Å². The highest BCUT2D eigenvalue weighted by atomic mass is 79.9. The van der Waals surface area contributed by atoms with E-state index >= 15 is 0 Å². The van der Waals surface area contributed by atoms with Crippen molar-refractivity contribution in [2.45, 2.75) is 39.2 Å². The number of hydrogen-bond donors (Lipinski definition) is 1. The average Bonchev–Trinajstić information content (AvgIpc) is 2.29. The lowest BCUT2D eigenvalue weighted by molar-refractivity contribution is 0.150. The first-order valence-electron chi connectivity index (χ1n) is 6.53. The van der Waals surface area contributed by atoms with Crippen molar-refractivity contribution < 1.29 is 0 Å². The van der Waals surface area contributed by atoms with E-state index in [0.29, 0.717) is 0 Å². The molecule has 102 valence electrons. The third-order valence-electron chi connectivity index (χ3n) is 3.82. The van der Waals surface area contributed by atoms with Crippen LogP contribution in [0.25, 0.3) is 0 Å². The highest BCUT2D eigenvalue weighted by Crippen LogP contribution is 2.20. The van der Waals surface area contributed by atoms with Gasteiger partial charge in [0, 0.05) is 16.6 Å². The average molecular weight is 313 g/mol. The number of benzene rings is 1. The van der Waals surface area contributed by atoms with E-state index in [1.54, 1.807) is 0 Å². The fourth-order valence-electron chi connectivity index (χ4n) is 2.04.